The molecule has 2 unspecified atom stereocenters. The number of unbranched alkanes of at least 4 members (excludes halogenated alkanes) is 8. The summed E-state index contributed by atoms with van der Waals surface area (Å²) in [6.07, 6.45) is 13.7. The zero-order valence-electron chi connectivity index (χ0n) is 34.9. The number of hydrogen-bond acceptors (Lipinski definition) is 11. The highest BCUT2D eigenvalue weighted by molar-refractivity contribution is 6.23. The van der Waals surface area contributed by atoms with Crippen LogP contribution in [0.4, 0.5) is 11.5 Å². The number of nitrogens with one attached hydrogen (secondary N) is 2. The average molecular weight is 840 g/mol. The van der Waals surface area contributed by atoms with Gasteiger partial charge < -0.3 is 20.7 Å². The molecule has 62 heavy (non-hydrogen) atoms. The fraction of sp³-hybridized carbons (Fsp3) is 0.404. The van der Waals surface area contributed by atoms with Crippen LogP contribution in [-0.2, 0) is 14.4 Å². The predicted octanol–water partition coefficient (Wildman–Crippen LogP) is 7.45. The number of nitrogens with two attached hydrogens (primary N) is 1. The van der Waals surface area contributed by atoms with Gasteiger partial charge in [-0.05, 0) is 86.7 Å². The van der Waals surface area contributed by atoms with E-state index in [4.69, 9.17) is 15.6 Å². The van der Waals surface area contributed by atoms with Crippen molar-refractivity contribution in [1.82, 2.24) is 34.9 Å². The number of aromatic nitrogens is 4. The van der Waals surface area contributed by atoms with Gasteiger partial charge in [0.15, 0.2) is 5.65 Å². The molecule has 4 N–H and O–H groups in total. The van der Waals surface area contributed by atoms with Crippen molar-refractivity contribution in [2.45, 2.75) is 102 Å². The van der Waals surface area contributed by atoms with Gasteiger partial charge in [-0.3, -0.25) is 34.2 Å². The summed E-state index contributed by atoms with van der Waals surface area (Å²) >= 11 is 0. The van der Waals surface area contributed by atoms with Gasteiger partial charge in [0.25, 0.3) is 11.8 Å². The van der Waals surface area contributed by atoms with Gasteiger partial charge in [0.05, 0.1) is 22.6 Å². The van der Waals surface area contributed by atoms with E-state index in [-0.39, 0.29) is 35.9 Å². The Bertz CT molecular complexity index is 2440. The number of piperidine rings is 2. The fourth-order valence-corrected chi connectivity index (χ4v) is 8.75. The van der Waals surface area contributed by atoms with Crippen molar-refractivity contribution >= 4 is 52.1 Å². The van der Waals surface area contributed by atoms with E-state index < -0.39 is 29.7 Å². The van der Waals surface area contributed by atoms with Crippen LogP contribution in [0.5, 0.6) is 11.5 Å². The van der Waals surface area contributed by atoms with Crippen LogP contribution in [-0.4, -0.2) is 84.8 Å². The summed E-state index contributed by atoms with van der Waals surface area (Å²) in [6.45, 7) is 2.07. The molecule has 3 aliphatic rings. The molecular weight excluding hydrogens is 787 g/mol. The number of anilines is 2. The summed E-state index contributed by atoms with van der Waals surface area (Å²) in [6, 6.07) is 21.5. The SMILES string of the molecule is Nc1ncnc2c1c(-c1ccc(Oc3ccccc3)cc1)nn2C1CCCN(C(=O)CCCCCCCCCCCNc2ccc3c(c2)C(=O)N(C2CCC(=O)NC2=O)C3=O)C1. The second-order valence-electron chi connectivity index (χ2n) is 16.4. The molecule has 2 fully saturated rings. The number of fused-ring (bicyclic) bond motifs is 2. The Balaban J connectivity index is 0.719. The fourth-order valence-electron chi connectivity index (χ4n) is 8.75. The quantitative estimate of drug-likeness (QED) is 0.0586. The van der Waals surface area contributed by atoms with E-state index in [0.717, 1.165) is 99.2 Å². The normalized spacial score (nSPS) is 17.7. The Morgan fingerprint density at radius 3 is 2.27 bits per heavy atom. The highest BCUT2D eigenvalue weighted by atomic mass is 16.5. The van der Waals surface area contributed by atoms with Gasteiger partial charge in [-0.2, -0.15) is 5.10 Å². The summed E-state index contributed by atoms with van der Waals surface area (Å²) < 4.78 is 7.93. The topological polar surface area (TPSA) is 195 Å². The number of carbonyl (C=O) groups is 5. The first-order valence-corrected chi connectivity index (χ1v) is 21.9. The molecule has 15 heteroatoms. The molecule has 0 spiro atoms. The van der Waals surface area contributed by atoms with Crippen molar-refractivity contribution in [1.29, 1.82) is 0 Å². The second-order valence-corrected chi connectivity index (χ2v) is 16.4. The van der Waals surface area contributed by atoms with Gasteiger partial charge in [-0.1, -0.05) is 63.1 Å². The zero-order valence-corrected chi connectivity index (χ0v) is 34.9. The number of nitrogen functional groups attached to an aromatic ring is 1. The van der Waals surface area contributed by atoms with Gasteiger partial charge in [0.1, 0.15) is 35.4 Å². The van der Waals surface area contributed by atoms with Crippen LogP contribution in [0.2, 0.25) is 0 Å². The van der Waals surface area contributed by atoms with E-state index in [1.165, 1.54) is 12.7 Å². The number of imide groups is 2. The minimum atomic E-state index is -0.970. The lowest BCUT2D eigenvalue weighted by atomic mass is 10.0. The van der Waals surface area contributed by atoms with Crippen molar-refractivity contribution < 1.29 is 28.7 Å². The van der Waals surface area contributed by atoms with Gasteiger partial charge in [-0.25, -0.2) is 14.6 Å². The maximum Gasteiger partial charge on any atom is 0.262 e. The molecule has 2 saturated heterocycles. The third kappa shape index (κ3) is 9.46. The molecule has 2 aromatic heterocycles. The Morgan fingerprint density at radius 2 is 1.52 bits per heavy atom. The first-order valence-electron chi connectivity index (χ1n) is 21.9. The van der Waals surface area contributed by atoms with Crippen LogP contribution >= 0.6 is 0 Å². The largest absolute Gasteiger partial charge is 0.457 e. The second kappa shape index (κ2) is 19.4. The molecule has 2 atom stereocenters. The van der Waals surface area contributed by atoms with Crippen LogP contribution in [0.3, 0.4) is 0 Å². The molecule has 3 aromatic carbocycles. The number of likely N-dealkylation sites (tertiary alicyclic amines) is 1. The van der Waals surface area contributed by atoms with Crippen LogP contribution in [0.15, 0.2) is 79.1 Å². The lowest BCUT2D eigenvalue weighted by Crippen LogP contribution is -2.54. The van der Waals surface area contributed by atoms with Gasteiger partial charge in [0, 0.05) is 43.7 Å². The maximum atomic E-state index is 13.4. The lowest BCUT2D eigenvalue weighted by Gasteiger charge is -2.33. The van der Waals surface area contributed by atoms with Gasteiger partial charge in [0.2, 0.25) is 17.7 Å². The summed E-state index contributed by atoms with van der Waals surface area (Å²) in [7, 11) is 0. The van der Waals surface area contributed by atoms with Crippen molar-refractivity contribution in [2.24, 2.45) is 0 Å². The van der Waals surface area contributed by atoms with Gasteiger partial charge in [-0.15, -0.1) is 0 Å². The summed E-state index contributed by atoms with van der Waals surface area (Å²) in [5.74, 6) is 0.0273. The van der Waals surface area contributed by atoms with E-state index >= 15 is 0 Å². The lowest BCUT2D eigenvalue weighted by molar-refractivity contribution is -0.136. The average Bonchev–Trinajstić information content (AvgIpc) is 3.79. The van der Waals surface area contributed by atoms with Gasteiger partial charge >= 0.3 is 0 Å². The van der Waals surface area contributed by atoms with Crippen molar-refractivity contribution in [3.8, 4) is 22.8 Å². The Morgan fingerprint density at radius 1 is 0.806 bits per heavy atom. The van der Waals surface area contributed by atoms with E-state index in [0.29, 0.717) is 41.3 Å². The first-order chi connectivity index (χ1) is 30.2. The third-order valence-corrected chi connectivity index (χ3v) is 12.1. The van der Waals surface area contributed by atoms with E-state index in [9.17, 15) is 24.0 Å². The Hall–Kier alpha value is -6.64. The molecule has 8 rings (SSSR count). The monoisotopic (exact) mass is 839 g/mol. The van der Waals surface area contributed by atoms with Crippen LogP contribution in [0.25, 0.3) is 22.3 Å². The molecule has 0 saturated carbocycles. The molecule has 5 heterocycles. The first kappa shape index (κ1) is 42.1. The molecule has 5 aromatic rings. The van der Waals surface area contributed by atoms with E-state index in [1.807, 2.05) is 64.2 Å². The highest BCUT2D eigenvalue weighted by Crippen LogP contribution is 2.35. The number of ether oxygens (including phenoxy) is 1. The van der Waals surface area contributed by atoms with Crippen molar-refractivity contribution in [3.63, 3.8) is 0 Å². The summed E-state index contributed by atoms with van der Waals surface area (Å²) in [4.78, 5) is 75.1. The number of nitrogens with zero attached hydrogens (tertiary/aromatic N) is 6. The minimum absolute atomic E-state index is 0.0219. The molecule has 0 radical (unpaired) electrons. The number of benzene rings is 3. The molecule has 5 amide bonds. The predicted molar refractivity (Wildman–Crippen MR) is 234 cm³/mol. The number of hydrogen-bond donors (Lipinski definition) is 3. The minimum Gasteiger partial charge on any atom is -0.457 e. The summed E-state index contributed by atoms with van der Waals surface area (Å²) in [5, 5.41) is 11.3. The standard InChI is InChI=1S/C47H53N9O6/c48-43-41-42(31-18-21-35(22-19-31)62-34-15-9-8-10-16-34)53-56(44(41)51-30-50-43)33-14-13-27-54(29-33)40(58)17-11-6-4-2-1-3-5-7-12-26-49-32-20-23-36-37(28-32)47(61)55(46(36)60)38-24-25-39(57)52-45(38)59/h8-10,15-16,18-23,28,30,33,38,49H,1-7,11-14,17,24-27,29H2,(H2,48,50,51)(H,52,57,59). The van der Waals surface area contributed by atoms with Crippen molar-refractivity contribution in [2.75, 3.05) is 30.7 Å². The number of para-hydroxylation sites is 1. The molecule has 15 nitrogen and oxygen atoms in total. The molecule has 0 aliphatic carbocycles. The Kier molecular flexibility index (Phi) is 13.2. The smallest absolute Gasteiger partial charge is 0.262 e. The Labute approximate surface area is 360 Å². The maximum absolute atomic E-state index is 13.4. The van der Waals surface area contributed by atoms with E-state index in [1.54, 1.807) is 18.2 Å². The van der Waals surface area contributed by atoms with Crippen molar-refractivity contribution in [3.05, 3.63) is 90.3 Å². The zero-order chi connectivity index (χ0) is 43.0. The molecule has 322 valence electrons. The highest BCUT2D eigenvalue weighted by Gasteiger charge is 2.44. The molecular formula is C47H53N9O6. The summed E-state index contributed by atoms with van der Waals surface area (Å²) in [5.41, 5.74) is 9.98. The number of amides is 5. The van der Waals surface area contributed by atoms with Crippen LogP contribution in [0, 0.1) is 0 Å². The molecule has 0 bridgehead atoms. The molecule has 3 aliphatic heterocycles. The van der Waals surface area contributed by atoms with Crippen LogP contribution in [0.1, 0.15) is 117 Å². The number of carbonyl (C=O) groups excluding carboxylic acids is 5. The third-order valence-electron chi connectivity index (χ3n) is 12.1. The van der Waals surface area contributed by atoms with Crippen LogP contribution < -0.4 is 21.1 Å². The number of rotatable bonds is 18. The van der Waals surface area contributed by atoms with E-state index in [2.05, 4.69) is 20.6 Å².